The molecular weight excluding hydrogens is 514 g/mol. The highest BCUT2D eigenvalue weighted by Gasteiger charge is 2.40. The molecule has 0 heterocycles. The molecule has 2 aliphatic rings. The number of nitrogens with zero attached hydrogens (tertiary/aromatic N) is 1. The van der Waals surface area contributed by atoms with Crippen LogP contribution in [0.2, 0.25) is 0 Å². The fraction of sp³-hybridized carbons (Fsp3) is 0.480. The van der Waals surface area contributed by atoms with Gasteiger partial charge in [0.05, 0.1) is 5.75 Å². The normalized spacial score (nSPS) is 20.3. The third-order valence-electron chi connectivity index (χ3n) is 6.45. The Hall–Kier alpha value is -2.86. The van der Waals surface area contributed by atoms with Crippen LogP contribution in [0.25, 0.3) is 0 Å². The molecule has 0 aliphatic heterocycles. The fourth-order valence-corrected chi connectivity index (χ4v) is 6.16. The topological polar surface area (TPSA) is 87.7 Å². The first kappa shape index (κ1) is 27.2. The molecule has 202 valence electrons. The summed E-state index contributed by atoms with van der Waals surface area (Å²) in [4.78, 5) is 14.8. The lowest BCUT2D eigenvalue weighted by atomic mass is 9.90. The Morgan fingerprint density at radius 1 is 1.03 bits per heavy atom. The highest BCUT2D eigenvalue weighted by Crippen LogP contribution is 2.34. The summed E-state index contributed by atoms with van der Waals surface area (Å²) in [6.07, 6.45) is -0.676. The van der Waals surface area contributed by atoms with E-state index in [2.05, 4.69) is 14.8 Å². The standard InChI is InChI=1S/C25H29F4N3O4S/c26-23-14-22(36-25(27,28)29)12-9-18(23)15-30-24(33)32(20-10-11-20)21-8-4-7-19(13-21)31-37(34,35)16-17-5-2-1-3-6-17/h1-3,5-6,9,12,14,19-21,31H,4,7-8,10-11,13,15-16H2,(H,30,33)/t19-,21-/m1/s1. The van der Waals surface area contributed by atoms with E-state index in [0.717, 1.165) is 37.8 Å². The molecule has 37 heavy (non-hydrogen) atoms. The van der Waals surface area contributed by atoms with E-state index in [1.807, 2.05) is 6.07 Å². The third-order valence-corrected chi connectivity index (χ3v) is 7.85. The largest absolute Gasteiger partial charge is 0.573 e. The van der Waals surface area contributed by atoms with Crippen LogP contribution in [-0.4, -0.2) is 43.8 Å². The minimum atomic E-state index is -4.93. The molecule has 0 saturated heterocycles. The second-order valence-corrected chi connectivity index (χ2v) is 11.2. The van der Waals surface area contributed by atoms with Crippen LogP contribution < -0.4 is 14.8 Å². The van der Waals surface area contributed by atoms with Crippen molar-refractivity contribution in [2.75, 3.05) is 0 Å². The number of alkyl halides is 3. The van der Waals surface area contributed by atoms with Crippen LogP contribution in [0.4, 0.5) is 22.4 Å². The molecule has 0 spiro atoms. The van der Waals surface area contributed by atoms with Crippen molar-refractivity contribution in [1.82, 2.24) is 14.9 Å². The molecule has 2 aromatic carbocycles. The summed E-state index contributed by atoms with van der Waals surface area (Å²) in [7, 11) is -3.57. The lowest BCUT2D eigenvalue weighted by Crippen LogP contribution is -2.51. The summed E-state index contributed by atoms with van der Waals surface area (Å²) in [5, 5.41) is 2.67. The Bertz CT molecular complexity index is 1190. The Kier molecular flexibility index (Phi) is 8.27. The molecule has 7 nitrogen and oxygen atoms in total. The van der Waals surface area contributed by atoms with Crippen molar-refractivity contribution >= 4 is 16.1 Å². The van der Waals surface area contributed by atoms with E-state index >= 15 is 0 Å². The van der Waals surface area contributed by atoms with Crippen molar-refractivity contribution < 1.29 is 35.5 Å². The third kappa shape index (κ3) is 8.06. The van der Waals surface area contributed by atoms with Crippen molar-refractivity contribution in [1.29, 1.82) is 0 Å². The average Bonchev–Trinajstić information content (AvgIpc) is 3.63. The molecule has 2 aromatic rings. The smallest absolute Gasteiger partial charge is 0.406 e. The number of ether oxygens (including phenoxy) is 1. The van der Waals surface area contributed by atoms with E-state index in [-0.39, 0.29) is 36.0 Å². The number of rotatable bonds is 9. The van der Waals surface area contributed by atoms with Gasteiger partial charge in [-0.1, -0.05) is 36.4 Å². The second-order valence-electron chi connectivity index (χ2n) is 9.48. The van der Waals surface area contributed by atoms with Gasteiger partial charge in [0.15, 0.2) is 0 Å². The molecule has 0 unspecified atom stereocenters. The first-order valence-corrected chi connectivity index (χ1v) is 13.8. The SMILES string of the molecule is O=C(NCc1ccc(OC(F)(F)F)cc1F)N(C1CC1)[C@@H]1CCC[C@@H](NS(=O)(=O)Cc2ccccc2)C1. The Balaban J connectivity index is 1.35. The minimum absolute atomic E-state index is 0.0221. The molecule has 2 amide bonds. The number of hydrogen-bond donors (Lipinski definition) is 2. The quantitative estimate of drug-likeness (QED) is 0.444. The number of nitrogens with one attached hydrogen (secondary N) is 2. The lowest BCUT2D eigenvalue weighted by Gasteiger charge is -2.38. The number of carbonyl (C=O) groups is 1. The van der Waals surface area contributed by atoms with Crippen molar-refractivity contribution in [2.45, 2.75) is 75.3 Å². The summed E-state index contributed by atoms with van der Waals surface area (Å²) >= 11 is 0. The lowest BCUT2D eigenvalue weighted by molar-refractivity contribution is -0.274. The molecule has 12 heteroatoms. The molecular formula is C25H29F4N3O4S. The molecule has 2 atom stereocenters. The van der Waals surface area contributed by atoms with Crippen LogP contribution in [0.5, 0.6) is 5.75 Å². The Labute approximate surface area is 213 Å². The molecule has 2 aliphatic carbocycles. The van der Waals surface area contributed by atoms with Gasteiger partial charge < -0.3 is 15.0 Å². The monoisotopic (exact) mass is 543 g/mol. The van der Waals surface area contributed by atoms with Gasteiger partial charge in [0.25, 0.3) is 0 Å². The number of halogens is 4. The van der Waals surface area contributed by atoms with Crippen molar-refractivity contribution in [3.8, 4) is 5.75 Å². The first-order valence-electron chi connectivity index (χ1n) is 12.1. The number of urea groups is 1. The second kappa shape index (κ2) is 11.3. The molecule has 4 rings (SSSR count). The van der Waals surface area contributed by atoms with Crippen LogP contribution in [0.15, 0.2) is 48.5 Å². The summed E-state index contributed by atoms with van der Waals surface area (Å²) < 4.78 is 83.2. The van der Waals surface area contributed by atoms with Gasteiger partial charge in [-0.05, 0) is 50.2 Å². The fourth-order valence-electron chi connectivity index (χ4n) is 4.73. The summed E-state index contributed by atoms with van der Waals surface area (Å²) in [6.45, 7) is -0.208. The van der Waals surface area contributed by atoms with Gasteiger partial charge in [0.1, 0.15) is 11.6 Å². The molecule has 2 fully saturated rings. The van der Waals surface area contributed by atoms with E-state index in [1.165, 1.54) is 0 Å². The van der Waals surface area contributed by atoms with Crippen LogP contribution in [0.3, 0.4) is 0 Å². The van der Waals surface area contributed by atoms with E-state index in [1.54, 1.807) is 29.2 Å². The van der Waals surface area contributed by atoms with Gasteiger partial charge in [0, 0.05) is 36.3 Å². The molecule has 2 saturated carbocycles. The number of carbonyl (C=O) groups excluding carboxylic acids is 1. The number of hydrogen-bond acceptors (Lipinski definition) is 4. The van der Waals surface area contributed by atoms with Crippen molar-refractivity contribution in [3.05, 3.63) is 65.5 Å². The van der Waals surface area contributed by atoms with Gasteiger partial charge in [-0.15, -0.1) is 13.2 Å². The van der Waals surface area contributed by atoms with Crippen molar-refractivity contribution in [2.24, 2.45) is 0 Å². The zero-order valence-corrected chi connectivity index (χ0v) is 20.8. The zero-order chi connectivity index (χ0) is 26.6. The summed E-state index contributed by atoms with van der Waals surface area (Å²) in [5.41, 5.74) is 0.709. The van der Waals surface area contributed by atoms with Crippen LogP contribution in [0, 0.1) is 5.82 Å². The van der Waals surface area contributed by atoms with Crippen LogP contribution >= 0.6 is 0 Å². The van der Waals surface area contributed by atoms with Crippen LogP contribution in [0.1, 0.15) is 49.7 Å². The highest BCUT2D eigenvalue weighted by atomic mass is 32.2. The van der Waals surface area contributed by atoms with E-state index in [0.29, 0.717) is 24.5 Å². The Morgan fingerprint density at radius 3 is 2.41 bits per heavy atom. The van der Waals surface area contributed by atoms with Gasteiger partial charge in [0.2, 0.25) is 10.0 Å². The maximum Gasteiger partial charge on any atom is 0.573 e. The van der Waals surface area contributed by atoms with Gasteiger partial charge in [-0.25, -0.2) is 22.3 Å². The highest BCUT2D eigenvalue weighted by molar-refractivity contribution is 7.88. The molecule has 2 N–H and O–H groups in total. The van der Waals surface area contributed by atoms with E-state index in [4.69, 9.17) is 0 Å². The summed E-state index contributed by atoms with van der Waals surface area (Å²) in [5.74, 6) is -1.73. The van der Waals surface area contributed by atoms with Gasteiger partial charge in [-0.3, -0.25) is 0 Å². The van der Waals surface area contributed by atoms with Gasteiger partial charge in [-0.2, -0.15) is 0 Å². The van der Waals surface area contributed by atoms with Crippen LogP contribution in [-0.2, 0) is 22.3 Å². The van der Waals surface area contributed by atoms with Gasteiger partial charge >= 0.3 is 12.4 Å². The van der Waals surface area contributed by atoms with Crippen molar-refractivity contribution in [3.63, 3.8) is 0 Å². The molecule has 0 bridgehead atoms. The maximum absolute atomic E-state index is 14.3. The molecule has 0 aromatic heterocycles. The maximum atomic E-state index is 14.3. The summed E-state index contributed by atoms with van der Waals surface area (Å²) in [6, 6.07) is 10.8. The first-order chi connectivity index (χ1) is 17.5. The minimum Gasteiger partial charge on any atom is -0.406 e. The number of amides is 2. The number of sulfonamides is 1. The Morgan fingerprint density at radius 2 is 1.76 bits per heavy atom. The molecule has 0 radical (unpaired) electrons. The predicted octanol–water partition coefficient (Wildman–Crippen LogP) is 4.83. The van der Waals surface area contributed by atoms with E-state index < -0.39 is 34.0 Å². The zero-order valence-electron chi connectivity index (χ0n) is 20.0. The predicted molar refractivity (Wildman–Crippen MR) is 128 cm³/mol. The number of benzene rings is 2. The van der Waals surface area contributed by atoms with E-state index in [9.17, 15) is 30.8 Å². The average molecular weight is 544 g/mol.